The van der Waals surface area contributed by atoms with E-state index in [4.69, 9.17) is 9.73 Å². The van der Waals surface area contributed by atoms with Gasteiger partial charge in [-0.15, -0.1) is 0 Å². The SMILES string of the molecule is CCNC(=NCc1ccc(CN2CC(C)OC(C)C2)cc1)N1CCC(CC(=O)NC)CC1. The second-order valence-electron chi connectivity index (χ2n) is 9.25. The Morgan fingerprint density at radius 2 is 1.72 bits per heavy atom. The molecule has 1 amide bonds. The summed E-state index contributed by atoms with van der Waals surface area (Å²) in [6, 6.07) is 8.86. The number of rotatable bonds is 7. The summed E-state index contributed by atoms with van der Waals surface area (Å²) in [5.41, 5.74) is 2.56. The van der Waals surface area contributed by atoms with Crippen molar-refractivity contribution in [2.75, 3.05) is 39.8 Å². The fourth-order valence-corrected chi connectivity index (χ4v) is 4.73. The molecule has 0 spiro atoms. The summed E-state index contributed by atoms with van der Waals surface area (Å²) in [7, 11) is 1.71. The van der Waals surface area contributed by atoms with Crippen molar-refractivity contribution in [2.45, 2.75) is 65.3 Å². The number of carbonyl (C=O) groups is 1. The molecule has 3 rings (SSSR count). The highest BCUT2D eigenvalue weighted by molar-refractivity contribution is 5.80. The van der Waals surface area contributed by atoms with Gasteiger partial charge in [0.05, 0.1) is 18.8 Å². The van der Waals surface area contributed by atoms with E-state index >= 15 is 0 Å². The molecule has 0 saturated carbocycles. The van der Waals surface area contributed by atoms with Crippen molar-refractivity contribution in [3.63, 3.8) is 0 Å². The van der Waals surface area contributed by atoms with E-state index in [0.717, 1.165) is 58.1 Å². The number of guanidine groups is 1. The number of amides is 1. The van der Waals surface area contributed by atoms with Crippen molar-refractivity contribution in [2.24, 2.45) is 10.9 Å². The number of hydrogen-bond donors (Lipinski definition) is 2. The molecule has 2 saturated heterocycles. The van der Waals surface area contributed by atoms with Gasteiger partial charge in [-0.25, -0.2) is 4.99 Å². The number of morpholine rings is 1. The van der Waals surface area contributed by atoms with E-state index in [-0.39, 0.29) is 5.91 Å². The molecule has 7 heteroatoms. The van der Waals surface area contributed by atoms with E-state index < -0.39 is 0 Å². The molecular formula is C25H41N5O2. The zero-order valence-corrected chi connectivity index (χ0v) is 20.3. The summed E-state index contributed by atoms with van der Waals surface area (Å²) in [5.74, 6) is 1.59. The van der Waals surface area contributed by atoms with Crippen LogP contribution in [0.4, 0.5) is 0 Å². The minimum absolute atomic E-state index is 0.144. The fraction of sp³-hybridized carbons (Fsp3) is 0.680. The minimum atomic E-state index is 0.144. The van der Waals surface area contributed by atoms with Crippen LogP contribution in [-0.4, -0.2) is 73.6 Å². The predicted molar refractivity (Wildman–Crippen MR) is 130 cm³/mol. The highest BCUT2D eigenvalue weighted by Crippen LogP contribution is 2.21. The number of aliphatic imine (C=N–C) groups is 1. The largest absolute Gasteiger partial charge is 0.373 e. The van der Waals surface area contributed by atoms with E-state index in [1.165, 1.54) is 11.1 Å². The van der Waals surface area contributed by atoms with E-state index in [9.17, 15) is 4.79 Å². The smallest absolute Gasteiger partial charge is 0.220 e. The molecule has 2 N–H and O–H groups in total. The van der Waals surface area contributed by atoms with Crippen molar-refractivity contribution >= 4 is 11.9 Å². The summed E-state index contributed by atoms with van der Waals surface area (Å²) >= 11 is 0. The number of piperidine rings is 1. The third-order valence-electron chi connectivity index (χ3n) is 6.34. The molecule has 2 aliphatic heterocycles. The lowest BCUT2D eigenvalue weighted by Crippen LogP contribution is -2.46. The van der Waals surface area contributed by atoms with Crippen LogP contribution in [0.5, 0.6) is 0 Å². The topological polar surface area (TPSA) is 69.2 Å². The minimum Gasteiger partial charge on any atom is -0.373 e. The Bertz CT molecular complexity index is 733. The van der Waals surface area contributed by atoms with Crippen LogP contribution < -0.4 is 10.6 Å². The van der Waals surface area contributed by atoms with Gasteiger partial charge in [-0.2, -0.15) is 0 Å². The van der Waals surface area contributed by atoms with Gasteiger partial charge in [0.1, 0.15) is 0 Å². The van der Waals surface area contributed by atoms with Gasteiger partial charge in [0.15, 0.2) is 5.96 Å². The molecule has 2 fully saturated rings. The van der Waals surface area contributed by atoms with Gasteiger partial charge in [-0.05, 0) is 50.7 Å². The van der Waals surface area contributed by atoms with Gasteiger partial charge in [-0.3, -0.25) is 9.69 Å². The van der Waals surface area contributed by atoms with Crippen LogP contribution in [0, 0.1) is 5.92 Å². The Balaban J connectivity index is 1.52. The normalized spacial score (nSPS) is 23.2. The standard InChI is InChI=1S/C25H41N5O2/c1-5-27-25(30-12-10-21(11-13-30)14-24(31)26-4)28-15-22-6-8-23(9-7-22)18-29-16-19(2)32-20(3)17-29/h6-9,19-21H,5,10-18H2,1-4H3,(H,26,31)(H,27,28). The van der Waals surface area contributed by atoms with Gasteiger partial charge in [-0.1, -0.05) is 24.3 Å². The molecule has 0 aliphatic carbocycles. The predicted octanol–water partition coefficient (Wildman–Crippen LogP) is 2.61. The first-order valence-corrected chi connectivity index (χ1v) is 12.2. The number of ether oxygens (including phenoxy) is 1. The van der Waals surface area contributed by atoms with Gasteiger partial charge in [0.25, 0.3) is 0 Å². The number of benzene rings is 1. The molecular weight excluding hydrogens is 402 g/mol. The average molecular weight is 444 g/mol. The lowest BCUT2D eigenvalue weighted by atomic mass is 9.93. The van der Waals surface area contributed by atoms with Crippen molar-refractivity contribution in [1.82, 2.24) is 20.4 Å². The first-order valence-electron chi connectivity index (χ1n) is 12.2. The van der Waals surface area contributed by atoms with Crippen molar-refractivity contribution in [3.05, 3.63) is 35.4 Å². The zero-order chi connectivity index (χ0) is 22.9. The lowest BCUT2D eigenvalue weighted by Gasteiger charge is -2.35. The molecule has 0 bridgehead atoms. The van der Waals surface area contributed by atoms with Crippen LogP contribution in [-0.2, 0) is 22.6 Å². The molecule has 0 radical (unpaired) electrons. The summed E-state index contributed by atoms with van der Waals surface area (Å²) in [6.07, 6.45) is 3.29. The molecule has 2 unspecified atom stereocenters. The molecule has 2 atom stereocenters. The number of nitrogens with one attached hydrogen (secondary N) is 2. The van der Waals surface area contributed by atoms with Crippen LogP contribution in [0.25, 0.3) is 0 Å². The van der Waals surface area contributed by atoms with Crippen LogP contribution in [0.2, 0.25) is 0 Å². The van der Waals surface area contributed by atoms with E-state index in [2.05, 4.69) is 65.5 Å². The number of carbonyl (C=O) groups excluding carboxylic acids is 1. The lowest BCUT2D eigenvalue weighted by molar-refractivity contribution is -0.121. The molecule has 178 valence electrons. The molecule has 0 aromatic heterocycles. The Morgan fingerprint density at radius 3 is 2.31 bits per heavy atom. The summed E-state index contributed by atoms with van der Waals surface area (Å²) < 4.78 is 5.84. The highest BCUT2D eigenvalue weighted by atomic mass is 16.5. The van der Waals surface area contributed by atoms with Crippen LogP contribution in [0.3, 0.4) is 0 Å². The second kappa shape index (κ2) is 12.2. The summed E-state index contributed by atoms with van der Waals surface area (Å²) in [4.78, 5) is 21.4. The number of likely N-dealkylation sites (tertiary alicyclic amines) is 1. The molecule has 2 heterocycles. The molecule has 7 nitrogen and oxygen atoms in total. The third-order valence-corrected chi connectivity index (χ3v) is 6.34. The summed E-state index contributed by atoms with van der Waals surface area (Å²) in [6.45, 7) is 12.8. The molecule has 1 aromatic carbocycles. The quantitative estimate of drug-likeness (QED) is 0.501. The Morgan fingerprint density at radius 1 is 1.09 bits per heavy atom. The zero-order valence-electron chi connectivity index (χ0n) is 20.3. The van der Waals surface area contributed by atoms with Crippen molar-refractivity contribution in [1.29, 1.82) is 0 Å². The van der Waals surface area contributed by atoms with Gasteiger partial charge < -0.3 is 20.3 Å². The number of hydrogen-bond acceptors (Lipinski definition) is 4. The average Bonchev–Trinajstić information content (AvgIpc) is 2.77. The number of nitrogens with zero attached hydrogens (tertiary/aromatic N) is 3. The van der Waals surface area contributed by atoms with Crippen LogP contribution in [0.1, 0.15) is 51.2 Å². The van der Waals surface area contributed by atoms with Crippen molar-refractivity contribution < 1.29 is 9.53 Å². The molecule has 1 aromatic rings. The Hall–Kier alpha value is -2.12. The maximum atomic E-state index is 11.7. The first kappa shape index (κ1) is 24.5. The Kier molecular flexibility index (Phi) is 9.36. The Labute approximate surface area is 193 Å². The fourth-order valence-electron chi connectivity index (χ4n) is 4.73. The molecule has 32 heavy (non-hydrogen) atoms. The molecule has 2 aliphatic rings. The second-order valence-corrected chi connectivity index (χ2v) is 9.25. The van der Waals surface area contributed by atoms with Crippen molar-refractivity contribution in [3.8, 4) is 0 Å². The maximum Gasteiger partial charge on any atom is 0.220 e. The van der Waals surface area contributed by atoms with E-state index in [0.29, 0.717) is 31.1 Å². The monoisotopic (exact) mass is 443 g/mol. The van der Waals surface area contributed by atoms with Gasteiger partial charge in [0.2, 0.25) is 5.91 Å². The summed E-state index contributed by atoms with van der Waals surface area (Å²) in [5, 5.41) is 6.18. The highest BCUT2D eigenvalue weighted by Gasteiger charge is 2.23. The van der Waals surface area contributed by atoms with E-state index in [1.54, 1.807) is 7.05 Å². The third kappa shape index (κ3) is 7.48. The maximum absolute atomic E-state index is 11.7. The van der Waals surface area contributed by atoms with Gasteiger partial charge >= 0.3 is 0 Å². The van der Waals surface area contributed by atoms with Crippen LogP contribution >= 0.6 is 0 Å². The first-order chi connectivity index (χ1) is 15.5. The van der Waals surface area contributed by atoms with Crippen LogP contribution in [0.15, 0.2) is 29.3 Å². The van der Waals surface area contributed by atoms with E-state index in [1.807, 2.05) is 0 Å². The van der Waals surface area contributed by atoms with Gasteiger partial charge in [0, 0.05) is 52.7 Å².